The third-order valence-corrected chi connectivity index (χ3v) is 5.25. The molecule has 0 aromatic carbocycles. The third-order valence-electron chi connectivity index (χ3n) is 3.61. The van der Waals surface area contributed by atoms with Crippen molar-refractivity contribution in [3.8, 4) is 0 Å². The fraction of sp³-hybridized carbons (Fsp3) is 0.231. The highest BCUT2D eigenvalue weighted by Gasteiger charge is 2.19. The molecule has 0 aliphatic rings. The first-order chi connectivity index (χ1) is 11.1. The van der Waals surface area contributed by atoms with Crippen LogP contribution >= 0.6 is 27.3 Å². The summed E-state index contributed by atoms with van der Waals surface area (Å²) in [6.45, 7) is 2.02. The standard InChI is InChI=1S/C13H12BrN7OS/c1-3-6-8-10(17-18-11(8)21(2)20-6)15-12(22)7-4-5-9(14)16-19-13(5)23-7/h4H,3H2,1-2H3,(H,16,19)(H2,15,17,18,22). The molecule has 10 heteroatoms. The molecule has 0 saturated heterocycles. The van der Waals surface area contributed by atoms with Crippen LogP contribution in [0.1, 0.15) is 22.3 Å². The summed E-state index contributed by atoms with van der Waals surface area (Å²) in [4.78, 5) is 13.9. The molecule has 4 aromatic heterocycles. The Morgan fingerprint density at radius 1 is 1.43 bits per heavy atom. The zero-order valence-corrected chi connectivity index (χ0v) is 14.7. The number of carbonyl (C=O) groups excluding carboxylic acids is 1. The molecule has 23 heavy (non-hydrogen) atoms. The molecule has 0 spiro atoms. The Kier molecular flexibility index (Phi) is 3.23. The lowest BCUT2D eigenvalue weighted by molar-refractivity contribution is 0.103. The number of hydrogen-bond acceptors (Lipinski definition) is 5. The highest BCUT2D eigenvalue weighted by Crippen LogP contribution is 2.30. The number of aromatic nitrogens is 6. The van der Waals surface area contributed by atoms with E-state index in [-0.39, 0.29) is 5.91 Å². The molecule has 4 heterocycles. The number of carbonyl (C=O) groups is 1. The Balaban J connectivity index is 1.70. The molecule has 0 aliphatic heterocycles. The van der Waals surface area contributed by atoms with E-state index in [1.807, 2.05) is 14.0 Å². The first-order valence-electron chi connectivity index (χ1n) is 6.93. The molecule has 0 unspecified atom stereocenters. The summed E-state index contributed by atoms with van der Waals surface area (Å²) in [6.07, 6.45) is 0.763. The molecule has 118 valence electrons. The van der Waals surface area contributed by atoms with Gasteiger partial charge in [-0.25, -0.2) is 4.68 Å². The van der Waals surface area contributed by atoms with Gasteiger partial charge in [0.15, 0.2) is 5.65 Å². The maximum absolute atomic E-state index is 12.5. The highest BCUT2D eigenvalue weighted by molar-refractivity contribution is 9.10. The Morgan fingerprint density at radius 3 is 3.00 bits per heavy atom. The van der Waals surface area contributed by atoms with Crippen LogP contribution in [0.5, 0.6) is 0 Å². The molecule has 3 N–H and O–H groups in total. The van der Waals surface area contributed by atoms with Gasteiger partial charge in [-0.2, -0.15) is 15.3 Å². The molecule has 0 aliphatic carbocycles. The molecule has 0 radical (unpaired) electrons. The molecule has 4 rings (SSSR count). The number of amides is 1. The van der Waals surface area contributed by atoms with Crippen molar-refractivity contribution in [3.63, 3.8) is 0 Å². The van der Waals surface area contributed by atoms with Gasteiger partial charge in [0, 0.05) is 12.4 Å². The number of aryl methyl sites for hydroxylation is 2. The molecule has 4 aromatic rings. The lowest BCUT2D eigenvalue weighted by Gasteiger charge is -2.00. The fourth-order valence-electron chi connectivity index (χ4n) is 2.53. The van der Waals surface area contributed by atoms with Crippen LogP contribution in [0, 0.1) is 0 Å². The molecule has 0 bridgehead atoms. The Labute approximate surface area is 142 Å². The lowest BCUT2D eigenvalue weighted by Crippen LogP contribution is -2.11. The summed E-state index contributed by atoms with van der Waals surface area (Å²) in [5, 5.41) is 23.1. The number of aromatic amines is 2. The second-order valence-electron chi connectivity index (χ2n) is 5.04. The number of rotatable bonds is 3. The highest BCUT2D eigenvalue weighted by atomic mass is 79.9. The smallest absolute Gasteiger partial charge is 0.266 e. The van der Waals surface area contributed by atoms with Crippen LogP contribution in [-0.2, 0) is 13.5 Å². The SMILES string of the molecule is CCc1nn(C)c2n[nH]c(NC(=O)c3cc4c(Br)[nH]nc4s3)c12. The largest absolute Gasteiger partial charge is 0.306 e. The summed E-state index contributed by atoms with van der Waals surface area (Å²) in [5.41, 5.74) is 1.62. The number of anilines is 1. The van der Waals surface area contributed by atoms with Gasteiger partial charge in [0.2, 0.25) is 0 Å². The van der Waals surface area contributed by atoms with Crippen LogP contribution in [0.15, 0.2) is 10.7 Å². The first-order valence-corrected chi connectivity index (χ1v) is 8.54. The van der Waals surface area contributed by atoms with E-state index < -0.39 is 0 Å². The van der Waals surface area contributed by atoms with Crippen molar-refractivity contribution in [2.75, 3.05) is 5.32 Å². The summed E-state index contributed by atoms with van der Waals surface area (Å²) in [7, 11) is 1.83. The van der Waals surface area contributed by atoms with Crippen LogP contribution in [0.4, 0.5) is 5.82 Å². The average Bonchev–Trinajstić information content (AvgIpc) is 3.25. The van der Waals surface area contributed by atoms with E-state index >= 15 is 0 Å². The number of hydrogen-bond donors (Lipinski definition) is 3. The van der Waals surface area contributed by atoms with Gasteiger partial charge in [-0.1, -0.05) is 6.92 Å². The van der Waals surface area contributed by atoms with Crippen molar-refractivity contribution >= 4 is 60.2 Å². The van der Waals surface area contributed by atoms with Gasteiger partial charge in [-0.3, -0.25) is 15.0 Å². The van der Waals surface area contributed by atoms with Crippen LogP contribution in [0.25, 0.3) is 21.3 Å². The number of nitrogens with zero attached hydrogens (tertiary/aromatic N) is 4. The lowest BCUT2D eigenvalue weighted by atomic mass is 10.2. The Morgan fingerprint density at radius 2 is 2.26 bits per heavy atom. The minimum atomic E-state index is -0.198. The third kappa shape index (κ3) is 2.17. The maximum atomic E-state index is 12.5. The van der Waals surface area contributed by atoms with E-state index in [9.17, 15) is 4.79 Å². The summed E-state index contributed by atoms with van der Waals surface area (Å²) < 4.78 is 2.48. The van der Waals surface area contributed by atoms with E-state index in [1.54, 1.807) is 10.7 Å². The minimum Gasteiger partial charge on any atom is -0.306 e. The van der Waals surface area contributed by atoms with Crippen molar-refractivity contribution < 1.29 is 4.79 Å². The number of halogens is 1. The fourth-order valence-corrected chi connectivity index (χ4v) is 3.94. The van der Waals surface area contributed by atoms with E-state index in [0.29, 0.717) is 10.7 Å². The van der Waals surface area contributed by atoms with E-state index in [0.717, 1.165) is 38.0 Å². The van der Waals surface area contributed by atoms with Crippen LogP contribution in [-0.4, -0.2) is 36.1 Å². The predicted octanol–water partition coefficient (Wildman–Crippen LogP) is 2.81. The number of nitrogens with one attached hydrogen (secondary N) is 3. The van der Waals surface area contributed by atoms with Gasteiger partial charge in [0.05, 0.1) is 16.0 Å². The molecule has 0 saturated carbocycles. The van der Waals surface area contributed by atoms with Gasteiger partial charge in [-0.15, -0.1) is 11.3 Å². The summed E-state index contributed by atoms with van der Waals surface area (Å²) in [6, 6.07) is 1.81. The van der Waals surface area contributed by atoms with Crippen LogP contribution in [0.2, 0.25) is 0 Å². The van der Waals surface area contributed by atoms with Crippen molar-refractivity contribution in [1.82, 2.24) is 30.2 Å². The monoisotopic (exact) mass is 393 g/mol. The van der Waals surface area contributed by atoms with E-state index in [1.165, 1.54) is 11.3 Å². The average molecular weight is 394 g/mol. The topological polar surface area (TPSA) is 104 Å². The zero-order valence-electron chi connectivity index (χ0n) is 12.3. The molecule has 0 atom stereocenters. The first kappa shape index (κ1) is 14.4. The Hall–Kier alpha value is -2.20. The zero-order chi connectivity index (χ0) is 16.1. The quantitative estimate of drug-likeness (QED) is 0.497. The van der Waals surface area contributed by atoms with Gasteiger partial charge >= 0.3 is 0 Å². The molecule has 0 fully saturated rings. The van der Waals surface area contributed by atoms with Crippen molar-refractivity contribution in [3.05, 3.63) is 21.2 Å². The van der Waals surface area contributed by atoms with Crippen molar-refractivity contribution in [2.45, 2.75) is 13.3 Å². The van der Waals surface area contributed by atoms with Crippen LogP contribution < -0.4 is 5.32 Å². The van der Waals surface area contributed by atoms with E-state index in [4.69, 9.17) is 0 Å². The number of fused-ring (bicyclic) bond motifs is 2. The van der Waals surface area contributed by atoms with Crippen molar-refractivity contribution in [2.24, 2.45) is 7.05 Å². The van der Waals surface area contributed by atoms with Gasteiger partial charge in [0.25, 0.3) is 5.91 Å². The summed E-state index contributed by atoms with van der Waals surface area (Å²) >= 11 is 4.70. The second-order valence-corrected chi connectivity index (χ2v) is 6.87. The minimum absolute atomic E-state index is 0.198. The predicted molar refractivity (Wildman–Crippen MR) is 91.9 cm³/mol. The van der Waals surface area contributed by atoms with Crippen LogP contribution in [0.3, 0.4) is 0 Å². The Bertz CT molecular complexity index is 1040. The second kappa shape index (κ2) is 5.17. The summed E-state index contributed by atoms with van der Waals surface area (Å²) in [5.74, 6) is 0.373. The number of thiophene rings is 1. The molecule has 1 amide bonds. The normalized spacial score (nSPS) is 11.6. The molecule has 8 nitrogen and oxygen atoms in total. The van der Waals surface area contributed by atoms with Gasteiger partial charge in [-0.05, 0) is 28.4 Å². The van der Waals surface area contributed by atoms with Gasteiger partial charge in [0.1, 0.15) is 15.3 Å². The molecular weight excluding hydrogens is 382 g/mol. The van der Waals surface area contributed by atoms with Crippen molar-refractivity contribution in [1.29, 1.82) is 0 Å². The maximum Gasteiger partial charge on any atom is 0.266 e. The molecular formula is C13H12BrN7OS. The van der Waals surface area contributed by atoms with E-state index in [2.05, 4.69) is 46.7 Å². The van der Waals surface area contributed by atoms with Gasteiger partial charge < -0.3 is 5.32 Å². The number of H-pyrrole nitrogens is 2.